The lowest BCUT2D eigenvalue weighted by Gasteiger charge is -2.30. The molecular formula is C16H25N3O. The average molecular weight is 275 g/mol. The average Bonchev–Trinajstić information content (AvgIpc) is 2.94. The van der Waals surface area contributed by atoms with Crippen molar-refractivity contribution < 1.29 is 4.79 Å². The third-order valence-electron chi connectivity index (χ3n) is 4.21. The fourth-order valence-corrected chi connectivity index (χ4v) is 2.95. The van der Waals surface area contributed by atoms with Gasteiger partial charge in [0.05, 0.1) is 5.92 Å². The number of benzene rings is 1. The van der Waals surface area contributed by atoms with Crippen LogP contribution in [0.25, 0.3) is 0 Å². The van der Waals surface area contributed by atoms with Gasteiger partial charge in [0, 0.05) is 25.2 Å². The number of hydrogen-bond acceptors (Lipinski definition) is 3. The Kier molecular flexibility index (Phi) is 5.15. The zero-order valence-corrected chi connectivity index (χ0v) is 12.4. The van der Waals surface area contributed by atoms with Gasteiger partial charge in [-0.1, -0.05) is 37.3 Å². The smallest absolute Gasteiger partial charge is 0.227 e. The number of nitrogens with two attached hydrogens (primary N) is 1. The van der Waals surface area contributed by atoms with Gasteiger partial charge in [-0.25, -0.2) is 0 Å². The highest BCUT2D eigenvalue weighted by Crippen LogP contribution is 2.25. The summed E-state index contributed by atoms with van der Waals surface area (Å²) in [7, 11) is 1.93. The molecule has 110 valence electrons. The molecule has 20 heavy (non-hydrogen) atoms. The molecule has 1 saturated heterocycles. The van der Waals surface area contributed by atoms with Gasteiger partial charge in [-0.3, -0.25) is 4.79 Å². The number of nitrogens with one attached hydrogen (secondary N) is 1. The van der Waals surface area contributed by atoms with E-state index in [1.54, 1.807) is 0 Å². The minimum Gasteiger partial charge on any atom is -0.338 e. The summed E-state index contributed by atoms with van der Waals surface area (Å²) < 4.78 is 0. The molecule has 4 heteroatoms. The van der Waals surface area contributed by atoms with Crippen LogP contribution < -0.4 is 11.1 Å². The SMILES string of the molecule is CNCC1CCCN1C(=O)C(C)C(N)c1ccccc1. The lowest BCUT2D eigenvalue weighted by atomic mass is 9.94. The van der Waals surface area contributed by atoms with Crippen molar-refractivity contribution in [3.63, 3.8) is 0 Å². The molecule has 1 aromatic carbocycles. The first-order valence-corrected chi connectivity index (χ1v) is 7.40. The molecule has 0 aromatic heterocycles. The van der Waals surface area contributed by atoms with E-state index in [2.05, 4.69) is 5.32 Å². The van der Waals surface area contributed by atoms with Crippen LogP contribution in [-0.4, -0.2) is 37.0 Å². The zero-order chi connectivity index (χ0) is 14.5. The van der Waals surface area contributed by atoms with Crippen LogP contribution in [0.3, 0.4) is 0 Å². The van der Waals surface area contributed by atoms with E-state index in [1.807, 2.05) is 49.2 Å². The van der Waals surface area contributed by atoms with Gasteiger partial charge in [-0.15, -0.1) is 0 Å². The second-order valence-corrected chi connectivity index (χ2v) is 5.61. The van der Waals surface area contributed by atoms with E-state index in [0.717, 1.165) is 31.5 Å². The molecule has 3 N–H and O–H groups in total. The number of nitrogens with zero attached hydrogens (tertiary/aromatic N) is 1. The molecule has 0 bridgehead atoms. The Morgan fingerprint density at radius 2 is 2.15 bits per heavy atom. The third-order valence-corrected chi connectivity index (χ3v) is 4.21. The second kappa shape index (κ2) is 6.86. The van der Waals surface area contributed by atoms with Crippen molar-refractivity contribution in [3.05, 3.63) is 35.9 Å². The quantitative estimate of drug-likeness (QED) is 0.857. The molecule has 0 radical (unpaired) electrons. The van der Waals surface area contributed by atoms with E-state index in [-0.39, 0.29) is 17.9 Å². The summed E-state index contributed by atoms with van der Waals surface area (Å²) in [5.74, 6) is -0.00559. The molecule has 1 heterocycles. The predicted molar refractivity (Wildman–Crippen MR) is 81.2 cm³/mol. The highest BCUT2D eigenvalue weighted by atomic mass is 16.2. The van der Waals surface area contributed by atoms with Gasteiger partial charge in [0.1, 0.15) is 0 Å². The van der Waals surface area contributed by atoms with Crippen molar-refractivity contribution in [2.75, 3.05) is 20.1 Å². The molecule has 0 spiro atoms. The number of rotatable bonds is 5. The summed E-state index contributed by atoms with van der Waals surface area (Å²) in [5, 5.41) is 3.17. The van der Waals surface area contributed by atoms with Crippen molar-refractivity contribution in [3.8, 4) is 0 Å². The highest BCUT2D eigenvalue weighted by molar-refractivity contribution is 5.80. The maximum atomic E-state index is 12.7. The molecule has 3 unspecified atom stereocenters. The molecule has 0 saturated carbocycles. The van der Waals surface area contributed by atoms with Crippen molar-refractivity contribution in [1.82, 2.24) is 10.2 Å². The Morgan fingerprint density at radius 3 is 2.80 bits per heavy atom. The minimum atomic E-state index is -0.237. The van der Waals surface area contributed by atoms with Crippen LogP contribution >= 0.6 is 0 Å². The largest absolute Gasteiger partial charge is 0.338 e. The lowest BCUT2D eigenvalue weighted by molar-refractivity contribution is -0.136. The number of carbonyl (C=O) groups is 1. The maximum Gasteiger partial charge on any atom is 0.227 e. The molecule has 4 nitrogen and oxygen atoms in total. The van der Waals surface area contributed by atoms with Crippen molar-refractivity contribution in [1.29, 1.82) is 0 Å². The van der Waals surface area contributed by atoms with E-state index < -0.39 is 0 Å². The molecular weight excluding hydrogens is 250 g/mol. The molecule has 3 atom stereocenters. The first-order valence-electron chi connectivity index (χ1n) is 7.40. The summed E-state index contributed by atoms with van der Waals surface area (Å²) in [6.07, 6.45) is 2.17. The van der Waals surface area contributed by atoms with Gasteiger partial charge < -0.3 is 16.0 Å². The first-order chi connectivity index (χ1) is 9.65. The molecule has 1 fully saturated rings. The van der Waals surface area contributed by atoms with E-state index in [0.29, 0.717) is 6.04 Å². The Hall–Kier alpha value is -1.39. The van der Waals surface area contributed by atoms with Gasteiger partial charge in [0.25, 0.3) is 0 Å². The normalized spacial score (nSPS) is 21.8. The Labute approximate surface area is 121 Å². The third kappa shape index (κ3) is 3.19. The fourth-order valence-electron chi connectivity index (χ4n) is 2.95. The zero-order valence-electron chi connectivity index (χ0n) is 12.4. The van der Waals surface area contributed by atoms with E-state index in [4.69, 9.17) is 5.73 Å². The number of likely N-dealkylation sites (N-methyl/N-ethyl adjacent to an activating group) is 1. The summed E-state index contributed by atoms with van der Waals surface area (Å²) in [6, 6.07) is 9.95. The van der Waals surface area contributed by atoms with Crippen LogP contribution in [0, 0.1) is 5.92 Å². The first kappa shape index (κ1) is 15.0. The van der Waals surface area contributed by atoms with E-state index in [9.17, 15) is 4.79 Å². The topological polar surface area (TPSA) is 58.4 Å². The predicted octanol–water partition coefficient (Wildman–Crippen LogP) is 1.53. The molecule has 0 aliphatic carbocycles. The fraction of sp³-hybridized carbons (Fsp3) is 0.562. The molecule has 1 amide bonds. The number of likely N-dealkylation sites (tertiary alicyclic amines) is 1. The van der Waals surface area contributed by atoms with Crippen LogP contribution in [0.4, 0.5) is 0 Å². The van der Waals surface area contributed by atoms with Crippen molar-refractivity contribution in [2.45, 2.75) is 31.8 Å². The Balaban J connectivity index is 2.04. The standard InChI is InChI=1S/C16H25N3O/c1-12(15(17)13-7-4-3-5-8-13)16(20)19-10-6-9-14(19)11-18-2/h3-5,7-8,12,14-15,18H,6,9-11,17H2,1-2H3. The van der Waals surface area contributed by atoms with E-state index >= 15 is 0 Å². The van der Waals surface area contributed by atoms with Crippen LogP contribution in [0.15, 0.2) is 30.3 Å². The number of amides is 1. The van der Waals surface area contributed by atoms with Gasteiger partial charge in [0.15, 0.2) is 0 Å². The number of hydrogen-bond donors (Lipinski definition) is 2. The molecule has 1 aliphatic heterocycles. The summed E-state index contributed by atoms with van der Waals surface area (Å²) >= 11 is 0. The minimum absolute atomic E-state index is 0.180. The monoisotopic (exact) mass is 275 g/mol. The summed E-state index contributed by atoms with van der Waals surface area (Å²) in [5.41, 5.74) is 7.29. The Morgan fingerprint density at radius 1 is 1.45 bits per heavy atom. The van der Waals surface area contributed by atoms with Crippen LogP contribution in [0.2, 0.25) is 0 Å². The molecule has 1 aliphatic rings. The molecule has 2 rings (SSSR count). The van der Waals surface area contributed by atoms with E-state index in [1.165, 1.54) is 0 Å². The summed E-state index contributed by atoms with van der Waals surface area (Å²) in [6.45, 7) is 3.66. The Bertz CT molecular complexity index is 435. The van der Waals surface area contributed by atoms with Gasteiger partial charge in [0.2, 0.25) is 5.91 Å². The van der Waals surface area contributed by atoms with Gasteiger partial charge in [-0.05, 0) is 25.5 Å². The van der Waals surface area contributed by atoms with Crippen molar-refractivity contribution in [2.24, 2.45) is 11.7 Å². The van der Waals surface area contributed by atoms with Crippen molar-refractivity contribution >= 4 is 5.91 Å². The second-order valence-electron chi connectivity index (χ2n) is 5.61. The number of carbonyl (C=O) groups excluding carboxylic acids is 1. The van der Waals surface area contributed by atoms with Gasteiger partial charge in [-0.2, -0.15) is 0 Å². The molecule has 1 aromatic rings. The van der Waals surface area contributed by atoms with Crippen LogP contribution in [-0.2, 0) is 4.79 Å². The van der Waals surface area contributed by atoms with Gasteiger partial charge >= 0.3 is 0 Å². The van der Waals surface area contributed by atoms with Crippen LogP contribution in [0.1, 0.15) is 31.4 Å². The maximum absolute atomic E-state index is 12.7. The highest BCUT2D eigenvalue weighted by Gasteiger charge is 2.33. The van der Waals surface area contributed by atoms with Crippen LogP contribution in [0.5, 0.6) is 0 Å². The lowest BCUT2D eigenvalue weighted by Crippen LogP contribution is -2.45. The summed E-state index contributed by atoms with van der Waals surface area (Å²) in [4.78, 5) is 14.7.